The summed E-state index contributed by atoms with van der Waals surface area (Å²) in [4.78, 5) is 23.0. The summed E-state index contributed by atoms with van der Waals surface area (Å²) in [6.07, 6.45) is 3.55. The highest BCUT2D eigenvalue weighted by molar-refractivity contribution is 5.87. The molecule has 2 atom stereocenters. The number of hydrogen-bond acceptors (Lipinski definition) is 7. The monoisotopic (exact) mass is 477 g/mol. The minimum atomic E-state index is 0.0455. The fraction of sp³-hybridized carbons (Fsp3) is 0.444. The molecule has 1 aliphatic rings. The second kappa shape index (κ2) is 10.5. The molecule has 35 heavy (non-hydrogen) atoms. The normalized spacial score (nSPS) is 17.6. The third kappa shape index (κ3) is 4.75. The van der Waals surface area contributed by atoms with Crippen molar-refractivity contribution in [1.29, 1.82) is 0 Å². The van der Waals surface area contributed by atoms with E-state index in [0.717, 1.165) is 57.5 Å². The Morgan fingerprint density at radius 2 is 1.71 bits per heavy atom. The summed E-state index contributed by atoms with van der Waals surface area (Å²) in [5, 5.41) is 7.67. The predicted molar refractivity (Wildman–Crippen MR) is 139 cm³/mol. The molecule has 0 saturated carbocycles. The van der Waals surface area contributed by atoms with Gasteiger partial charge in [-0.3, -0.25) is 4.79 Å². The molecule has 2 N–H and O–H groups in total. The van der Waals surface area contributed by atoms with Crippen LogP contribution >= 0.6 is 0 Å². The topological polar surface area (TPSA) is 88.6 Å². The summed E-state index contributed by atoms with van der Waals surface area (Å²) >= 11 is 0. The SMILES string of the molecule is CCc1c(OC)cc(OC)c(CC)c1-c1ccc2nc(NC3CN(C(C)=O)CC3NC)ncc2c1. The number of ether oxygens (including phenoxy) is 2. The van der Waals surface area contributed by atoms with Gasteiger partial charge in [-0.2, -0.15) is 0 Å². The zero-order chi connectivity index (χ0) is 25.1. The maximum atomic E-state index is 11.8. The molecule has 1 saturated heterocycles. The lowest BCUT2D eigenvalue weighted by Crippen LogP contribution is -2.41. The van der Waals surface area contributed by atoms with Gasteiger partial charge >= 0.3 is 0 Å². The first kappa shape index (κ1) is 24.7. The number of nitrogens with zero attached hydrogens (tertiary/aromatic N) is 3. The average Bonchev–Trinajstić information content (AvgIpc) is 3.30. The number of likely N-dealkylation sites (N-methyl/N-ethyl adjacent to an activating group) is 1. The van der Waals surface area contributed by atoms with Gasteiger partial charge in [0.2, 0.25) is 11.9 Å². The molecule has 8 nitrogen and oxygen atoms in total. The lowest BCUT2D eigenvalue weighted by Gasteiger charge is -2.21. The third-order valence-electron chi connectivity index (χ3n) is 6.93. The fourth-order valence-electron chi connectivity index (χ4n) is 5.06. The van der Waals surface area contributed by atoms with Crippen LogP contribution in [0.1, 0.15) is 31.9 Å². The number of aromatic nitrogens is 2. The highest BCUT2D eigenvalue weighted by Crippen LogP contribution is 2.41. The molecule has 4 rings (SSSR count). The number of carbonyl (C=O) groups is 1. The van der Waals surface area contributed by atoms with E-state index in [1.807, 2.05) is 30.3 Å². The van der Waals surface area contributed by atoms with Gasteiger partial charge in [0.25, 0.3) is 0 Å². The van der Waals surface area contributed by atoms with Crippen molar-refractivity contribution in [1.82, 2.24) is 20.2 Å². The van der Waals surface area contributed by atoms with Crippen LogP contribution in [-0.2, 0) is 17.6 Å². The van der Waals surface area contributed by atoms with E-state index in [1.165, 1.54) is 0 Å². The van der Waals surface area contributed by atoms with Gasteiger partial charge in [0, 0.05) is 54.8 Å². The van der Waals surface area contributed by atoms with Crippen molar-refractivity contribution < 1.29 is 14.3 Å². The van der Waals surface area contributed by atoms with Gasteiger partial charge in [-0.05, 0) is 43.1 Å². The third-order valence-corrected chi connectivity index (χ3v) is 6.93. The van der Waals surface area contributed by atoms with Gasteiger partial charge in [0.05, 0.1) is 25.8 Å². The maximum Gasteiger partial charge on any atom is 0.223 e. The molecule has 0 spiro atoms. The number of fused-ring (bicyclic) bond motifs is 1. The molecule has 0 radical (unpaired) electrons. The Hall–Kier alpha value is -3.39. The van der Waals surface area contributed by atoms with E-state index in [4.69, 9.17) is 14.5 Å². The van der Waals surface area contributed by atoms with Crippen molar-refractivity contribution in [3.05, 3.63) is 41.6 Å². The fourth-order valence-corrected chi connectivity index (χ4v) is 5.06. The smallest absolute Gasteiger partial charge is 0.223 e. The van der Waals surface area contributed by atoms with E-state index in [1.54, 1.807) is 21.1 Å². The summed E-state index contributed by atoms with van der Waals surface area (Å²) in [6.45, 7) is 7.18. The molecular weight excluding hydrogens is 442 g/mol. The van der Waals surface area contributed by atoms with Crippen molar-refractivity contribution in [2.45, 2.75) is 45.7 Å². The predicted octanol–water partition coefficient (Wildman–Crippen LogP) is 3.67. The molecule has 1 aliphatic heterocycles. The first-order valence-electron chi connectivity index (χ1n) is 12.2. The van der Waals surface area contributed by atoms with Crippen molar-refractivity contribution in [3.63, 3.8) is 0 Å². The van der Waals surface area contributed by atoms with Gasteiger partial charge in [0.15, 0.2) is 0 Å². The van der Waals surface area contributed by atoms with Crippen LogP contribution in [0.4, 0.5) is 5.95 Å². The Morgan fingerprint density at radius 3 is 2.29 bits per heavy atom. The van der Waals surface area contributed by atoms with E-state index >= 15 is 0 Å². The molecular formula is C27H35N5O3. The van der Waals surface area contributed by atoms with Crippen LogP contribution < -0.4 is 20.1 Å². The van der Waals surface area contributed by atoms with Crippen LogP contribution in [0, 0.1) is 0 Å². The standard InChI is InChI=1S/C27H35N5O3/c1-7-19-24(34-5)12-25(35-6)20(8-2)26(19)17-9-10-21-18(11-17)13-29-27(30-21)31-23-15-32(16(3)33)14-22(23)28-4/h9-13,22-23,28H,7-8,14-15H2,1-6H3,(H,29,30,31). The van der Waals surface area contributed by atoms with Crippen molar-refractivity contribution >= 4 is 22.8 Å². The van der Waals surface area contributed by atoms with Gasteiger partial charge in [-0.25, -0.2) is 9.97 Å². The number of nitrogens with one attached hydrogen (secondary N) is 2. The van der Waals surface area contributed by atoms with Gasteiger partial charge in [-0.15, -0.1) is 0 Å². The van der Waals surface area contributed by atoms with E-state index in [2.05, 4.69) is 41.6 Å². The van der Waals surface area contributed by atoms with E-state index in [0.29, 0.717) is 19.0 Å². The second-order valence-corrected chi connectivity index (χ2v) is 8.86. The van der Waals surface area contributed by atoms with Crippen LogP contribution in [0.15, 0.2) is 30.5 Å². The number of likely N-dealkylation sites (tertiary alicyclic amines) is 1. The van der Waals surface area contributed by atoms with Crippen molar-refractivity contribution in [2.24, 2.45) is 0 Å². The van der Waals surface area contributed by atoms with Crippen molar-refractivity contribution in [3.8, 4) is 22.6 Å². The molecule has 2 heterocycles. The second-order valence-electron chi connectivity index (χ2n) is 8.86. The van der Waals surface area contributed by atoms with E-state index in [9.17, 15) is 4.79 Å². The maximum absolute atomic E-state index is 11.8. The summed E-state index contributed by atoms with van der Waals surface area (Å²) in [6, 6.07) is 8.45. The lowest BCUT2D eigenvalue weighted by atomic mass is 9.89. The zero-order valence-electron chi connectivity index (χ0n) is 21.4. The molecule has 0 bridgehead atoms. The average molecular weight is 478 g/mol. The van der Waals surface area contributed by atoms with Gasteiger partial charge in [0.1, 0.15) is 11.5 Å². The first-order valence-corrected chi connectivity index (χ1v) is 12.2. The minimum Gasteiger partial charge on any atom is -0.496 e. The van der Waals surface area contributed by atoms with E-state index < -0.39 is 0 Å². The molecule has 3 aromatic rings. The molecule has 2 aromatic carbocycles. The zero-order valence-corrected chi connectivity index (χ0v) is 21.4. The number of methoxy groups -OCH3 is 2. The number of hydrogen-bond donors (Lipinski definition) is 2. The Balaban J connectivity index is 1.70. The summed E-state index contributed by atoms with van der Waals surface area (Å²) < 4.78 is 11.4. The molecule has 1 amide bonds. The highest BCUT2D eigenvalue weighted by Gasteiger charge is 2.33. The molecule has 1 fully saturated rings. The first-order chi connectivity index (χ1) is 16.9. The van der Waals surface area contributed by atoms with Crippen LogP contribution in [0.3, 0.4) is 0 Å². The Labute approximate surface area is 207 Å². The van der Waals surface area contributed by atoms with Gasteiger partial charge < -0.3 is 25.0 Å². The Kier molecular flexibility index (Phi) is 7.40. The lowest BCUT2D eigenvalue weighted by molar-refractivity contribution is -0.127. The summed E-state index contributed by atoms with van der Waals surface area (Å²) in [5.41, 5.74) is 5.44. The summed E-state index contributed by atoms with van der Waals surface area (Å²) in [7, 11) is 5.31. The number of benzene rings is 2. The number of anilines is 1. The number of rotatable bonds is 8. The van der Waals surface area contributed by atoms with Gasteiger partial charge in [-0.1, -0.05) is 19.9 Å². The van der Waals surface area contributed by atoms with Crippen molar-refractivity contribution in [2.75, 3.05) is 39.7 Å². The van der Waals surface area contributed by atoms with Crippen LogP contribution in [0.2, 0.25) is 0 Å². The van der Waals surface area contributed by atoms with Crippen LogP contribution in [0.25, 0.3) is 22.0 Å². The molecule has 0 aliphatic carbocycles. The molecule has 2 unspecified atom stereocenters. The molecule has 1 aromatic heterocycles. The Bertz CT molecular complexity index is 1200. The van der Waals surface area contributed by atoms with Crippen LogP contribution in [-0.4, -0.2) is 67.2 Å². The highest BCUT2D eigenvalue weighted by atomic mass is 16.5. The minimum absolute atomic E-state index is 0.0455. The molecule has 8 heteroatoms. The summed E-state index contributed by atoms with van der Waals surface area (Å²) in [5.74, 6) is 2.31. The number of amides is 1. The van der Waals surface area contributed by atoms with E-state index in [-0.39, 0.29) is 18.0 Å². The molecule has 186 valence electrons. The largest absolute Gasteiger partial charge is 0.496 e. The Morgan fingerprint density at radius 1 is 1.06 bits per heavy atom. The van der Waals surface area contributed by atoms with Crippen LogP contribution in [0.5, 0.6) is 11.5 Å². The quantitative estimate of drug-likeness (QED) is 0.512. The number of carbonyl (C=O) groups excluding carboxylic acids is 1.